The van der Waals surface area contributed by atoms with E-state index < -0.39 is 12.0 Å². The minimum atomic E-state index is -2.68. The van der Waals surface area contributed by atoms with Gasteiger partial charge < -0.3 is 5.11 Å². The molecular weight excluding hydrogens is 194 g/mol. The Balaban J connectivity index is 2.45. The van der Waals surface area contributed by atoms with Crippen molar-refractivity contribution >= 4 is 11.3 Å². The Kier molecular flexibility index (Phi) is 2.12. The van der Waals surface area contributed by atoms with E-state index >= 15 is 0 Å². The van der Waals surface area contributed by atoms with Gasteiger partial charge >= 0.3 is 0 Å². The van der Waals surface area contributed by atoms with E-state index in [1.165, 1.54) is 11.3 Å². The van der Waals surface area contributed by atoms with Gasteiger partial charge in [-0.05, 0) is 30.7 Å². The Morgan fingerprint density at radius 3 is 3.00 bits per heavy atom. The van der Waals surface area contributed by atoms with Gasteiger partial charge in [0.05, 0.1) is 0 Å². The van der Waals surface area contributed by atoms with Gasteiger partial charge in [0.1, 0.15) is 0 Å². The molecule has 1 atom stereocenters. The van der Waals surface area contributed by atoms with Crippen LogP contribution in [0.2, 0.25) is 0 Å². The number of aryl methyl sites for hydroxylation is 1. The highest BCUT2D eigenvalue weighted by Gasteiger charge is 2.43. The van der Waals surface area contributed by atoms with E-state index in [0.717, 1.165) is 11.3 Å². The molecule has 1 aromatic rings. The second-order valence-corrected chi connectivity index (χ2v) is 4.34. The SMILES string of the molecule is OC1(C(F)F)CCCc2sccc21. The van der Waals surface area contributed by atoms with E-state index in [-0.39, 0.29) is 6.42 Å². The number of rotatable bonds is 1. The second kappa shape index (κ2) is 3.03. The van der Waals surface area contributed by atoms with E-state index in [2.05, 4.69) is 0 Å². The number of alkyl halides is 2. The van der Waals surface area contributed by atoms with Crippen molar-refractivity contribution in [2.24, 2.45) is 0 Å². The van der Waals surface area contributed by atoms with Gasteiger partial charge in [-0.2, -0.15) is 0 Å². The molecule has 1 unspecified atom stereocenters. The predicted octanol–water partition coefficient (Wildman–Crippen LogP) is 2.54. The van der Waals surface area contributed by atoms with Gasteiger partial charge in [-0.3, -0.25) is 0 Å². The maximum absolute atomic E-state index is 12.6. The molecule has 0 amide bonds. The molecule has 0 saturated carbocycles. The summed E-state index contributed by atoms with van der Waals surface area (Å²) in [6.45, 7) is 0. The molecule has 1 aliphatic carbocycles. The van der Waals surface area contributed by atoms with Crippen molar-refractivity contribution < 1.29 is 13.9 Å². The summed E-state index contributed by atoms with van der Waals surface area (Å²) in [4.78, 5) is 0.911. The first-order valence-electron chi connectivity index (χ1n) is 4.22. The van der Waals surface area contributed by atoms with Crippen LogP contribution in [0.4, 0.5) is 8.78 Å². The fraction of sp³-hybridized carbons (Fsp3) is 0.556. The molecule has 0 aliphatic heterocycles. The van der Waals surface area contributed by atoms with Crippen molar-refractivity contribution in [3.05, 3.63) is 21.9 Å². The Morgan fingerprint density at radius 2 is 2.31 bits per heavy atom. The van der Waals surface area contributed by atoms with E-state index in [9.17, 15) is 13.9 Å². The number of hydrogen-bond acceptors (Lipinski definition) is 2. The Labute approximate surface area is 79.0 Å². The fourth-order valence-electron chi connectivity index (χ4n) is 1.80. The van der Waals surface area contributed by atoms with Gasteiger partial charge in [0.25, 0.3) is 6.43 Å². The monoisotopic (exact) mass is 204 g/mol. The molecule has 2 rings (SSSR count). The Bertz CT molecular complexity index is 310. The minimum absolute atomic E-state index is 0.175. The molecule has 72 valence electrons. The van der Waals surface area contributed by atoms with E-state index in [1.54, 1.807) is 11.4 Å². The van der Waals surface area contributed by atoms with Crippen LogP contribution in [-0.2, 0) is 12.0 Å². The molecule has 1 nitrogen and oxygen atoms in total. The molecule has 0 aromatic carbocycles. The quantitative estimate of drug-likeness (QED) is 0.745. The van der Waals surface area contributed by atoms with Crippen LogP contribution in [0.25, 0.3) is 0 Å². The first kappa shape index (κ1) is 9.09. The van der Waals surface area contributed by atoms with Crippen LogP contribution in [0.1, 0.15) is 23.3 Å². The molecule has 13 heavy (non-hydrogen) atoms. The van der Waals surface area contributed by atoms with E-state index in [1.807, 2.05) is 0 Å². The van der Waals surface area contributed by atoms with Gasteiger partial charge in [-0.25, -0.2) is 8.78 Å². The van der Waals surface area contributed by atoms with Crippen LogP contribution in [-0.4, -0.2) is 11.5 Å². The van der Waals surface area contributed by atoms with Gasteiger partial charge in [-0.1, -0.05) is 0 Å². The van der Waals surface area contributed by atoms with Gasteiger partial charge in [0.15, 0.2) is 5.60 Å². The molecule has 1 aromatic heterocycles. The summed E-state index contributed by atoms with van der Waals surface area (Å²) in [5.41, 5.74) is -1.44. The van der Waals surface area contributed by atoms with Crippen LogP contribution < -0.4 is 0 Å². The zero-order valence-electron chi connectivity index (χ0n) is 6.96. The second-order valence-electron chi connectivity index (χ2n) is 3.34. The molecule has 1 N–H and O–H groups in total. The van der Waals surface area contributed by atoms with Crippen molar-refractivity contribution in [3.63, 3.8) is 0 Å². The van der Waals surface area contributed by atoms with Crippen LogP contribution in [0.15, 0.2) is 11.4 Å². The Morgan fingerprint density at radius 1 is 1.54 bits per heavy atom. The molecule has 0 spiro atoms. The van der Waals surface area contributed by atoms with E-state index in [4.69, 9.17) is 0 Å². The van der Waals surface area contributed by atoms with Crippen LogP contribution in [0.3, 0.4) is 0 Å². The first-order chi connectivity index (χ1) is 6.14. The largest absolute Gasteiger partial charge is 0.379 e. The van der Waals surface area contributed by atoms with Crippen molar-refractivity contribution in [1.82, 2.24) is 0 Å². The summed E-state index contributed by atoms with van der Waals surface area (Å²) in [6, 6.07) is 1.62. The highest BCUT2D eigenvalue weighted by Crippen LogP contribution is 2.41. The molecule has 0 fully saturated rings. The summed E-state index contributed by atoms with van der Waals surface area (Å²) in [7, 11) is 0. The number of aliphatic hydroxyl groups is 1. The number of thiophene rings is 1. The normalized spacial score (nSPS) is 27.7. The van der Waals surface area contributed by atoms with Gasteiger partial charge in [0.2, 0.25) is 0 Å². The third kappa shape index (κ3) is 1.28. The Hall–Kier alpha value is -0.480. The minimum Gasteiger partial charge on any atom is -0.379 e. The molecule has 0 saturated heterocycles. The summed E-state index contributed by atoms with van der Waals surface area (Å²) in [5, 5.41) is 11.5. The standard InChI is InChI=1S/C9H10F2OS/c10-8(11)9(12)4-1-2-7-6(9)3-5-13-7/h3,5,8,12H,1-2,4H2. The lowest BCUT2D eigenvalue weighted by atomic mass is 9.84. The summed E-state index contributed by atoms with van der Waals surface area (Å²) >= 11 is 1.45. The van der Waals surface area contributed by atoms with Crippen LogP contribution in [0.5, 0.6) is 0 Å². The smallest absolute Gasteiger partial charge is 0.270 e. The molecule has 1 aliphatic rings. The van der Waals surface area contributed by atoms with Crippen molar-refractivity contribution in [2.45, 2.75) is 31.3 Å². The lowest BCUT2D eigenvalue weighted by Crippen LogP contribution is -2.36. The molecule has 0 radical (unpaired) electrons. The fourth-order valence-corrected chi connectivity index (χ4v) is 2.80. The average molecular weight is 204 g/mol. The summed E-state index contributed by atoms with van der Waals surface area (Å²) < 4.78 is 25.2. The van der Waals surface area contributed by atoms with Crippen molar-refractivity contribution in [1.29, 1.82) is 0 Å². The van der Waals surface area contributed by atoms with Crippen molar-refractivity contribution in [3.8, 4) is 0 Å². The topological polar surface area (TPSA) is 20.2 Å². The lowest BCUT2D eigenvalue weighted by Gasteiger charge is -2.31. The third-order valence-electron chi connectivity index (χ3n) is 2.53. The third-order valence-corrected chi connectivity index (χ3v) is 3.52. The summed E-state index contributed by atoms with van der Waals surface area (Å²) in [6.07, 6.45) is -1.04. The molecule has 0 bridgehead atoms. The van der Waals surface area contributed by atoms with Gasteiger partial charge in [0, 0.05) is 10.4 Å². The first-order valence-corrected chi connectivity index (χ1v) is 5.10. The number of halogens is 2. The van der Waals surface area contributed by atoms with Crippen molar-refractivity contribution in [2.75, 3.05) is 0 Å². The molecule has 4 heteroatoms. The van der Waals surface area contributed by atoms with Crippen LogP contribution in [0, 0.1) is 0 Å². The maximum Gasteiger partial charge on any atom is 0.270 e. The highest BCUT2D eigenvalue weighted by atomic mass is 32.1. The van der Waals surface area contributed by atoms with Crippen LogP contribution >= 0.6 is 11.3 Å². The average Bonchev–Trinajstić information content (AvgIpc) is 2.53. The maximum atomic E-state index is 12.6. The lowest BCUT2D eigenvalue weighted by molar-refractivity contribution is -0.111. The predicted molar refractivity (Wildman–Crippen MR) is 47.2 cm³/mol. The zero-order valence-corrected chi connectivity index (χ0v) is 7.78. The van der Waals surface area contributed by atoms with E-state index in [0.29, 0.717) is 12.0 Å². The molecule has 1 heterocycles. The zero-order chi connectivity index (χ0) is 9.47. The highest BCUT2D eigenvalue weighted by molar-refractivity contribution is 7.10. The summed E-state index contributed by atoms with van der Waals surface area (Å²) in [5.74, 6) is 0. The molecular formula is C9H10F2OS. The number of hydrogen-bond donors (Lipinski definition) is 1. The van der Waals surface area contributed by atoms with Gasteiger partial charge in [-0.15, -0.1) is 11.3 Å². The number of fused-ring (bicyclic) bond motifs is 1.